The molecular weight excluding hydrogens is 236 g/mol. The summed E-state index contributed by atoms with van der Waals surface area (Å²) in [5, 5.41) is 3.29. The van der Waals surface area contributed by atoms with Crippen LogP contribution in [0.15, 0.2) is 18.3 Å². The molecule has 0 aromatic carbocycles. The van der Waals surface area contributed by atoms with Gasteiger partial charge in [-0.25, -0.2) is 4.98 Å². The van der Waals surface area contributed by atoms with Gasteiger partial charge in [0.05, 0.1) is 12.7 Å². The lowest BCUT2D eigenvalue weighted by atomic mass is 9.82. The highest BCUT2D eigenvalue weighted by atomic mass is 16.5. The standard InChI is InChI=1S/C16H26N2O/c1-4-17-16-14(6-5-7-18-16)11-19-15-9-12(2)8-13(3)10-15/h5-7,12-13,15H,4,8-11H2,1-3H3,(H,17,18). The summed E-state index contributed by atoms with van der Waals surface area (Å²) < 4.78 is 6.12. The molecule has 1 aliphatic rings. The number of rotatable bonds is 5. The van der Waals surface area contributed by atoms with Crippen LogP contribution in [0.5, 0.6) is 0 Å². The Kier molecular flexibility index (Phi) is 5.20. The number of pyridine rings is 1. The van der Waals surface area contributed by atoms with Crippen LogP contribution in [-0.4, -0.2) is 17.6 Å². The van der Waals surface area contributed by atoms with Crippen LogP contribution in [0.2, 0.25) is 0 Å². The number of hydrogen-bond acceptors (Lipinski definition) is 3. The number of anilines is 1. The summed E-state index contributed by atoms with van der Waals surface area (Å²) in [5.41, 5.74) is 1.16. The van der Waals surface area contributed by atoms with Gasteiger partial charge in [0.2, 0.25) is 0 Å². The van der Waals surface area contributed by atoms with Crippen LogP contribution in [-0.2, 0) is 11.3 Å². The molecule has 2 unspecified atom stereocenters. The van der Waals surface area contributed by atoms with Crippen LogP contribution in [0.25, 0.3) is 0 Å². The summed E-state index contributed by atoms with van der Waals surface area (Å²) in [6.45, 7) is 8.31. The molecule has 1 saturated carbocycles. The van der Waals surface area contributed by atoms with Crippen molar-refractivity contribution in [2.45, 2.75) is 52.7 Å². The lowest BCUT2D eigenvalue weighted by Crippen LogP contribution is -2.26. The van der Waals surface area contributed by atoms with Gasteiger partial charge in [-0.2, -0.15) is 0 Å². The zero-order chi connectivity index (χ0) is 13.7. The fourth-order valence-electron chi connectivity index (χ4n) is 3.10. The van der Waals surface area contributed by atoms with Crippen molar-refractivity contribution in [3.8, 4) is 0 Å². The van der Waals surface area contributed by atoms with Gasteiger partial charge in [0.1, 0.15) is 5.82 Å². The topological polar surface area (TPSA) is 34.2 Å². The first-order chi connectivity index (χ1) is 9.19. The maximum atomic E-state index is 6.12. The van der Waals surface area contributed by atoms with Crippen molar-refractivity contribution in [2.24, 2.45) is 11.8 Å². The zero-order valence-corrected chi connectivity index (χ0v) is 12.4. The summed E-state index contributed by atoms with van der Waals surface area (Å²) in [4.78, 5) is 4.37. The van der Waals surface area contributed by atoms with E-state index >= 15 is 0 Å². The first-order valence-corrected chi connectivity index (χ1v) is 7.48. The fraction of sp³-hybridized carbons (Fsp3) is 0.688. The van der Waals surface area contributed by atoms with Crippen LogP contribution in [0, 0.1) is 11.8 Å². The van der Waals surface area contributed by atoms with E-state index in [4.69, 9.17) is 4.74 Å². The first-order valence-electron chi connectivity index (χ1n) is 7.48. The highest BCUT2D eigenvalue weighted by Gasteiger charge is 2.24. The Labute approximate surface area is 116 Å². The number of ether oxygens (including phenoxy) is 1. The van der Waals surface area contributed by atoms with Gasteiger partial charge in [0, 0.05) is 18.3 Å². The van der Waals surface area contributed by atoms with Gasteiger partial charge >= 0.3 is 0 Å². The van der Waals surface area contributed by atoms with Crippen molar-refractivity contribution in [2.75, 3.05) is 11.9 Å². The Bertz CT molecular complexity index is 384. The Morgan fingerprint density at radius 2 is 2.00 bits per heavy atom. The van der Waals surface area contributed by atoms with Crippen LogP contribution in [0.3, 0.4) is 0 Å². The first kappa shape index (κ1) is 14.3. The molecule has 19 heavy (non-hydrogen) atoms. The molecule has 3 nitrogen and oxygen atoms in total. The molecular formula is C16H26N2O. The van der Waals surface area contributed by atoms with E-state index in [1.54, 1.807) is 0 Å². The van der Waals surface area contributed by atoms with Crippen LogP contribution < -0.4 is 5.32 Å². The van der Waals surface area contributed by atoms with Crippen LogP contribution >= 0.6 is 0 Å². The van der Waals surface area contributed by atoms with E-state index in [1.165, 1.54) is 19.3 Å². The van der Waals surface area contributed by atoms with Crippen molar-refractivity contribution >= 4 is 5.82 Å². The van der Waals surface area contributed by atoms with E-state index in [-0.39, 0.29) is 0 Å². The molecule has 2 atom stereocenters. The minimum absolute atomic E-state index is 0.411. The van der Waals surface area contributed by atoms with Crippen molar-refractivity contribution < 1.29 is 4.74 Å². The van der Waals surface area contributed by atoms with Crippen LogP contribution in [0.1, 0.15) is 45.6 Å². The van der Waals surface area contributed by atoms with Gasteiger partial charge in [-0.3, -0.25) is 0 Å². The average Bonchev–Trinajstić information content (AvgIpc) is 2.37. The lowest BCUT2D eigenvalue weighted by molar-refractivity contribution is -0.00902. The molecule has 0 saturated heterocycles. The summed E-state index contributed by atoms with van der Waals surface area (Å²) in [6, 6.07) is 4.08. The zero-order valence-electron chi connectivity index (χ0n) is 12.4. The summed E-state index contributed by atoms with van der Waals surface area (Å²) >= 11 is 0. The van der Waals surface area contributed by atoms with Crippen molar-refractivity contribution in [1.29, 1.82) is 0 Å². The van der Waals surface area contributed by atoms with E-state index in [0.717, 1.165) is 29.8 Å². The van der Waals surface area contributed by atoms with Gasteiger partial charge in [-0.05, 0) is 44.1 Å². The minimum Gasteiger partial charge on any atom is -0.373 e. The SMILES string of the molecule is CCNc1ncccc1COC1CC(C)CC(C)C1. The van der Waals surface area contributed by atoms with E-state index in [2.05, 4.69) is 37.1 Å². The Balaban J connectivity index is 1.91. The molecule has 0 amide bonds. The molecule has 0 bridgehead atoms. The summed E-state index contributed by atoms with van der Waals surface area (Å²) in [6.07, 6.45) is 5.97. The van der Waals surface area contributed by atoms with Crippen LogP contribution in [0.4, 0.5) is 5.82 Å². The van der Waals surface area contributed by atoms with E-state index in [9.17, 15) is 0 Å². The highest BCUT2D eigenvalue weighted by Crippen LogP contribution is 2.31. The average molecular weight is 262 g/mol. The smallest absolute Gasteiger partial charge is 0.131 e. The van der Waals surface area contributed by atoms with Crippen molar-refractivity contribution in [3.63, 3.8) is 0 Å². The molecule has 0 aliphatic heterocycles. The third-order valence-electron chi connectivity index (χ3n) is 3.85. The highest BCUT2D eigenvalue weighted by molar-refractivity contribution is 5.43. The molecule has 1 heterocycles. The predicted molar refractivity (Wildman–Crippen MR) is 79.2 cm³/mol. The lowest BCUT2D eigenvalue weighted by Gasteiger charge is -2.31. The molecule has 0 spiro atoms. The second-order valence-electron chi connectivity index (χ2n) is 5.89. The maximum absolute atomic E-state index is 6.12. The largest absolute Gasteiger partial charge is 0.373 e. The third kappa shape index (κ3) is 4.20. The molecule has 106 valence electrons. The van der Waals surface area contributed by atoms with E-state index in [0.29, 0.717) is 12.7 Å². The number of hydrogen-bond donors (Lipinski definition) is 1. The van der Waals surface area contributed by atoms with Gasteiger partial charge in [-0.15, -0.1) is 0 Å². The van der Waals surface area contributed by atoms with Gasteiger partial charge in [0.25, 0.3) is 0 Å². The van der Waals surface area contributed by atoms with Crippen molar-refractivity contribution in [1.82, 2.24) is 4.98 Å². The monoisotopic (exact) mass is 262 g/mol. The minimum atomic E-state index is 0.411. The number of nitrogens with zero attached hydrogens (tertiary/aromatic N) is 1. The molecule has 2 rings (SSSR count). The second-order valence-corrected chi connectivity index (χ2v) is 5.89. The number of aromatic nitrogens is 1. The Morgan fingerprint density at radius 1 is 1.26 bits per heavy atom. The van der Waals surface area contributed by atoms with Gasteiger partial charge in [-0.1, -0.05) is 19.9 Å². The maximum Gasteiger partial charge on any atom is 0.131 e. The van der Waals surface area contributed by atoms with E-state index in [1.807, 2.05) is 12.3 Å². The van der Waals surface area contributed by atoms with Gasteiger partial charge in [0.15, 0.2) is 0 Å². The molecule has 1 aromatic heterocycles. The fourth-order valence-corrected chi connectivity index (χ4v) is 3.10. The molecule has 3 heteroatoms. The molecule has 1 aliphatic carbocycles. The normalized spacial score (nSPS) is 27.2. The molecule has 1 fully saturated rings. The van der Waals surface area contributed by atoms with Crippen molar-refractivity contribution in [3.05, 3.63) is 23.9 Å². The Hall–Kier alpha value is -1.09. The molecule has 1 N–H and O–H groups in total. The number of nitrogens with one attached hydrogen (secondary N) is 1. The third-order valence-corrected chi connectivity index (χ3v) is 3.85. The summed E-state index contributed by atoms with van der Waals surface area (Å²) in [7, 11) is 0. The molecule has 0 radical (unpaired) electrons. The quantitative estimate of drug-likeness (QED) is 0.875. The second kappa shape index (κ2) is 6.90. The molecule has 1 aromatic rings. The van der Waals surface area contributed by atoms with Gasteiger partial charge < -0.3 is 10.1 Å². The van der Waals surface area contributed by atoms with E-state index < -0.39 is 0 Å². The predicted octanol–water partition coefficient (Wildman–Crippen LogP) is 3.85. The summed E-state index contributed by atoms with van der Waals surface area (Å²) in [5.74, 6) is 2.54. The Morgan fingerprint density at radius 3 is 2.68 bits per heavy atom.